The summed E-state index contributed by atoms with van der Waals surface area (Å²) in [5.41, 5.74) is -0.670. The molecule has 1 aromatic heterocycles. The summed E-state index contributed by atoms with van der Waals surface area (Å²) >= 11 is 0. The molecule has 2 aromatic rings. The molecule has 1 aromatic carbocycles. The fourth-order valence-electron chi connectivity index (χ4n) is 1.75. The van der Waals surface area contributed by atoms with Crippen LogP contribution in [0.25, 0.3) is 10.8 Å². The van der Waals surface area contributed by atoms with Crippen LogP contribution in [-0.4, -0.2) is 17.0 Å². The summed E-state index contributed by atoms with van der Waals surface area (Å²) in [6, 6.07) is 2.42. The third-order valence-electron chi connectivity index (χ3n) is 2.56. The van der Waals surface area contributed by atoms with Crippen LogP contribution in [0.15, 0.2) is 27.6 Å². The number of aromatic hydroxyl groups is 1. The Morgan fingerprint density at radius 1 is 0.941 bits per heavy atom. The van der Waals surface area contributed by atoms with Gasteiger partial charge in [0.1, 0.15) is 6.26 Å². The molecular weight excluding hydrogens is 228 g/mol. The van der Waals surface area contributed by atoms with E-state index in [2.05, 4.69) is 9.15 Å². The molecule has 84 valence electrons. The number of benzene rings is 1. The summed E-state index contributed by atoms with van der Waals surface area (Å²) in [4.78, 5) is 34.0. The minimum absolute atomic E-state index is 0.000370. The van der Waals surface area contributed by atoms with Gasteiger partial charge < -0.3 is 14.3 Å². The van der Waals surface area contributed by atoms with Crippen LogP contribution >= 0.6 is 0 Å². The maximum Gasteiger partial charge on any atom is 0.346 e. The van der Waals surface area contributed by atoms with E-state index in [0.29, 0.717) is 0 Å². The quantitative estimate of drug-likeness (QED) is 0.533. The van der Waals surface area contributed by atoms with Crippen molar-refractivity contribution in [1.29, 1.82) is 0 Å². The Morgan fingerprint density at radius 3 is 2.18 bits per heavy atom. The maximum absolute atomic E-state index is 11.4. The molecular formula is C11H4O6. The molecule has 0 radical (unpaired) electrons. The van der Waals surface area contributed by atoms with E-state index in [1.807, 2.05) is 0 Å². The van der Waals surface area contributed by atoms with Gasteiger partial charge in [-0.05, 0) is 12.1 Å². The van der Waals surface area contributed by atoms with Crippen LogP contribution in [0.5, 0.6) is 5.75 Å². The lowest BCUT2D eigenvalue weighted by Crippen LogP contribution is -2.01. The molecule has 17 heavy (non-hydrogen) atoms. The summed E-state index contributed by atoms with van der Waals surface area (Å²) in [7, 11) is 0. The smallest absolute Gasteiger partial charge is 0.346 e. The van der Waals surface area contributed by atoms with Gasteiger partial charge in [-0.15, -0.1) is 0 Å². The molecule has 0 unspecified atom stereocenters. The molecule has 0 bridgehead atoms. The number of ether oxygens (including phenoxy) is 1. The first kappa shape index (κ1) is 9.59. The summed E-state index contributed by atoms with van der Waals surface area (Å²) in [5.74, 6) is -1.89. The summed E-state index contributed by atoms with van der Waals surface area (Å²) in [6.45, 7) is 0. The van der Waals surface area contributed by atoms with Crippen molar-refractivity contribution in [3.8, 4) is 5.75 Å². The number of carbonyl (C=O) groups excluding carboxylic acids is 2. The average molecular weight is 232 g/mol. The van der Waals surface area contributed by atoms with Crippen molar-refractivity contribution >= 4 is 22.7 Å². The van der Waals surface area contributed by atoms with Crippen molar-refractivity contribution in [2.45, 2.75) is 0 Å². The van der Waals surface area contributed by atoms with Crippen molar-refractivity contribution in [2.24, 2.45) is 0 Å². The van der Waals surface area contributed by atoms with Crippen molar-refractivity contribution in [3.05, 3.63) is 39.9 Å². The van der Waals surface area contributed by atoms with Gasteiger partial charge in [0.15, 0.2) is 5.75 Å². The van der Waals surface area contributed by atoms with Gasteiger partial charge in [0.2, 0.25) is 0 Å². The van der Waals surface area contributed by atoms with E-state index in [1.54, 1.807) is 0 Å². The Morgan fingerprint density at radius 2 is 1.53 bits per heavy atom. The Balaban J connectivity index is 2.51. The molecule has 0 saturated carbocycles. The third-order valence-corrected chi connectivity index (χ3v) is 2.56. The first-order valence-corrected chi connectivity index (χ1v) is 4.63. The fourth-order valence-corrected chi connectivity index (χ4v) is 1.75. The fraction of sp³-hybridized carbons (Fsp3) is 0. The molecule has 0 spiro atoms. The average Bonchev–Trinajstić information content (AvgIpc) is 2.58. The first-order chi connectivity index (χ1) is 8.08. The van der Waals surface area contributed by atoms with Crippen LogP contribution in [-0.2, 0) is 4.74 Å². The standard InChI is InChI=1S/C11H4O6/c12-8-3-16-9(13)5-2-7-6(1-4(5)8)10(14)17-11(7)15/h1-3,12H. The normalized spacial score (nSPS) is 13.9. The molecule has 0 fully saturated rings. The van der Waals surface area contributed by atoms with Gasteiger partial charge in [-0.1, -0.05) is 0 Å². The minimum Gasteiger partial charge on any atom is -0.504 e. The lowest BCUT2D eigenvalue weighted by atomic mass is 10.0. The Kier molecular flexibility index (Phi) is 1.66. The molecule has 1 aliphatic heterocycles. The molecule has 0 atom stereocenters. The van der Waals surface area contributed by atoms with E-state index in [0.717, 1.165) is 6.26 Å². The Labute approximate surface area is 93.0 Å². The van der Waals surface area contributed by atoms with Crippen molar-refractivity contribution in [1.82, 2.24) is 0 Å². The number of carbonyl (C=O) groups is 2. The van der Waals surface area contributed by atoms with Gasteiger partial charge in [0.05, 0.1) is 16.5 Å². The zero-order valence-corrected chi connectivity index (χ0v) is 8.22. The van der Waals surface area contributed by atoms with E-state index in [-0.39, 0.29) is 27.6 Å². The molecule has 0 amide bonds. The maximum atomic E-state index is 11.4. The van der Waals surface area contributed by atoms with E-state index < -0.39 is 17.6 Å². The third kappa shape index (κ3) is 1.17. The van der Waals surface area contributed by atoms with Gasteiger partial charge in [-0.3, -0.25) is 0 Å². The number of fused-ring (bicyclic) bond motifs is 2. The molecule has 6 nitrogen and oxygen atoms in total. The van der Waals surface area contributed by atoms with E-state index >= 15 is 0 Å². The first-order valence-electron chi connectivity index (χ1n) is 4.63. The molecule has 2 heterocycles. The van der Waals surface area contributed by atoms with Gasteiger partial charge in [0.25, 0.3) is 0 Å². The minimum atomic E-state index is -0.811. The molecule has 0 saturated heterocycles. The van der Waals surface area contributed by atoms with Crippen molar-refractivity contribution in [2.75, 3.05) is 0 Å². The zero-order valence-electron chi connectivity index (χ0n) is 8.22. The highest BCUT2D eigenvalue weighted by atomic mass is 16.6. The molecule has 3 rings (SSSR count). The second-order valence-electron chi connectivity index (χ2n) is 3.53. The van der Waals surface area contributed by atoms with Crippen LogP contribution in [0.2, 0.25) is 0 Å². The van der Waals surface area contributed by atoms with E-state index in [9.17, 15) is 19.5 Å². The van der Waals surface area contributed by atoms with Crippen LogP contribution in [0.4, 0.5) is 0 Å². The van der Waals surface area contributed by atoms with Crippen LogP contribution < -0.4 is 5.63 Å². The summed E-state index contributed by atoms with van der Waals surface area (Å²) in [6.07, 6.45) is 0.874. The largest absolute Gasteiger partial charge is 0.504 e. The molecule has 1 aliphatic rings. The molecule has 1 N–H and O–H groups in total. The second kappa shape index (κ2) is 2.94. The lowest BCUT2D eigenvalue weighted by molar-refractivity contribution is 0.0444. The van der Waals surface area contributed by atoms with Gasteiger partial charge in [-0.2, -0.15) is 0 Å². The van der Waals surface area contributed by atoms with Crippen molar-refractivity contribution < 1.29 is 23.8 Å². The van der Waals surface area contributed by atoms with Gasteiger partial charge >= 0.3 is 17.6 Å². The number of cyclic esters (lactones) is 2. The predicted octanol–water partition coefficient (Wildman–Crippen LogP) is 0.809. The lowest BCUT2D eigenvalue weighted by Gasteiger charge is -1.99. The van der Waals surface area contributed by atoms with Crippen LogP contribution in [0, 0.1) is 0 Å². The molecule has 0 aliphatic carbocycles. The van der Waals surface area contributed by atoms with Gasteiger partial charge in [-0.25, -0.2) is 14.4 Å². The topological polar surface area (TPSA) is 93.8 Å². The Hall–Kier alpha value is -2.63. The van der Waals surface area contributed by atoms with Crippen LogP contribution in [0.3, 0.4) is 0 Å². The number of rotatable bonds is 0. The second-order valence-corrected chi connectivity index (χ2v) is 3.53. The van der Waals surface area contributed by atoms with E-state index in [4.69, 9.17) is 0 Å². The summed E-state index contributed by atoms with van der Waals surface area (Å²) < 4.78 is 8.94. The SMILES string of the molecule is O=C1OC(=O)c2cc3c(=O)occ(O)c3cc21. The predicted molar refractivity (Wildman–Crippen MR) is 53.9 cm³/mol. The highest BCUT2D eigenvalue weighted by molar-refractivity contribution is 6.17. The highest BCUT2D eigenvalue weighted by Gasteiger charge is 2.30. The zero-order chi connectivity index (χ0) is 12.2. The monoisotopic (exact) mass is 232 g/mol. The number of esters is 2. The van der Waals surface area contributed by atoms with Crippen LogP contribution in [0.1, 0.15) is 20.7 Å². The number of hydrogen-bond donors (Lipinski definition) is 1. The number of hydrogen-bond acceptors (Lipinski definition) is 6. The highest BCUT2D eigenvalue weighted by Crippen LogP contribution is 2.28. The van der Waals surface area contributed by atoms with Crippen molar-refractivity contribution in [3.63, 3.8) is 0 Å². The van der Waals surface area contributed by atoms with E-state index in [1.165, 1.54) is 12.1 Å². The summed E-state index contributed by atoms with van der Waals surface area (Å²) in [5, 5.41) is 9.68. The molecule has 6 heteroatoms. The van der Waals surface area contributed by atoms with Gasteiger partial charge in [0, 0.05) is 5.39 Å². The Bertz CT molecular complexity index is 739.